The second-order valence-corrected chi connectivity index (χ2v) is 5.13. The van der Waals surface area contributed by atoms with Gasteiger partial charge in [-0.25, -0.2) is 4.98 Å². The number of benzene rings is 1. The van der Waals surface area contributed by atoms with Crippen LogP contribution < -0.4 is 11.1 Å². The van der Waals surface area contributed by atoms with E-state index in [2.05, 4.69) is 10.3 Å². The highest BCUT2D eigenvalue weighted by molar-refractivity contribution is 5.93. The summed E-state index contributed by atoms with van der Waals surface area (Å²) < 4.78 is 10.4. The predicted octanol–water partition coefficient (Wildman–Crippen LogP) is 1.56. The fraction of sp³-hybridized carbons (Fsp3) is 0.333. The number of amides is 1. The number of hydrogen-bond acceptors (Lipinski definition) is 5. The molecule has 1 amide bonds. The van der Waals surface area contributed by atoms with Crippen molar-refractivity contribution in [1.29, 1.82) is 0 Å². The van der Waals surface area contributed by atoms with E-state index in [0.717, 1.165) is 16.9 Å². The van der Waals surface area contributed by atoms with Gasteiger partial charge in [-0.15, -0.1) is 0 Å². The van der Waals surface area contributed by atoms with Crippen LogP contribution in [0.25, 0.3) is 11.3 Å². The van der Waals surface area contributed by atoms with Crippen LogP contribution in [0.2, 0.25) is 0 Å². The molecule has 2 aromatic rings. The zero-order chi connectivity index (χ0) is 14.8. The molecule has 0 spiro atoms. The number of nitrogens with two attached hydrogens (primary N) is 1. The topological polar surface area (TPSA) is 90.4 Å². The SMILES string of the molecule is Cc1nc(-c2ccc(NC(=O)C3COCC3N)cc2)co1. The largest absolute Gasteiger partial charge is 0.449 e. The molecule has 0 aliphatic carbocycles. The minimum absolute atomic E-state index is 0.106. The van der Waals surface area contributed by atoms with E-state index < -0.39 is 0 Å². The Kier molecular flexibility index (Phi) is 3.72. The highest BCUT2D eigenvalue weighted by Crippen LogP contribution is 2.21. The summed E-state index contributed by atoms with van der Waals surface area (Å²) in [4.78, 5) is 16.3. The first-order chi connectivity index (χ1) is 10.1. The molecule has 6 heteroatoms. The van der Waals surface area contributed by atoms with Gasteiger partial charge in [-0.2, -0.15) is 0 Å². The lowest BCUT2D eigenvalue weighted by Crippen LogP contribution is -2.37. The summed E-state index contributed by atoms with van der Waals surface area (Å²) in [5.74, 6) is 0.227. The van der Waals surface area contributed by atoms with Crippen LogP contribution in [0, 0.1) is 12.8 Å². The van der Waals surface area contributed by atoms with Gasteiger partial charge in [0.05, 0.1) is 19.1 Å². The molecular weight excluding hydrogens is 270 g/mol. The molecule has 2 atom stereocenters. The van der Waals surface area contributed by atoms with Crippen molar-refractivity contribution in [1.82, 2.24) is 4.98 Å². The highest BCUT2D eigenvalue weighted by Gasteiger charge is 2.31. The Balaban J connectivity index is 1.68. The van der Waals surface area contributed by atoms with E-state index in [1.54, 1.807) is 13.2 Å². The summed E-state index contributed by atoms with van der Waals surface area (Å²) in [7, 11) is 0. The maximum Gasteiger partial charge on any atom is 0.231 e. The van der Waals surface area contributed by atoms with Crippen molar-refractivity contribution in [3.8, 4) is 11.3 Å². The normalized spacial score (nSPS) is 21.4. The summed E-state index contributed by atoms with van der Waals surface area (Å²) in [6.07, 6.45) is 1.61. The zero-order valence-electron chi connectivity index (χ0n) is 11.7. The number of nitrogens with one attached hydrogen (secondary N) is 1. The van der Waals surface area contributed by atoms with Crippen LogP contribution >= 0.6 is 0 Å². The first kappa shape index (κ1) is 13.8. The molecule has 2 heterocycles. The average molecular weight is 287 g/mol. The van der Waals surface area contributed by atoms with E-state index >= 15 is 0 Å². The summed E-state index contributed by atoms with van der Waals surface area (Å²) in [5, 5.41) is 2.86. The number of ether oxygens (including phenoxy) is 1. The third-order valence-electron chi connectivity index (χ3n) is 3.53. The van der Waals surface area contributed by atoms with Gasteiger partial charge in [0, 0.05) is 24.2 Å². The van der Waals surface area contributed by atoms with Crippen molar-refractivity contribution in [3.63, 3.8) is 0 Å². The Morgan fingerprint density at radius 2 is 2.10 bits per heavy atom. The van der Waals surface area contributed by atoms with Gasteiger partial charge in [0.2, 0.25) is 5.91 Å². The van der Waals surface area contributed by atoms with Crippen LogP contribution in [0.3, 0.4) is 0 Å². The molecule has 0 radical (unpaired) electrons. The third kappa shape index (κ3) is 2.96. The Morgan fingerprint density at radius 3 is 2.67 bits per heavy atom. The van der Waals surface area contributed by atoms with E-state index in [9.17, 15) is 4.79 Å². The third-order valence-corrected chi connectivity index (χ3v) is 3.53. The lowest BCUT2D eigenvalue weighted by molar-refractivity contribution is -0.120. The molecular formula is C15H17N3O3. The van der Waals surface area contributed by atoms with Crippen LogP contribution in [0.4, 0.5) is 5.69 Å². The maximum absolute atomic E-state index is 12.1. The molecule has 3 rings (SSSR count). The Bertz CT molecular complexity index is 636. The second-order valence-electron chi connectivity index (χ2n) is 5.13. The van der Waals surface area contributed by atoms with Gasteiger partial charge in [0.25, 0.3) is 0 Å². The first-order valence-corrected chi connectivity index (χ1v) is 6.80. The summed E-state index contributed by atoms with van der Waals surface area (Å²) in [6, 6.07) is 7.20. The van der Waals surface area contributed by atoms with Gasteiger partial charge in [0.1, 0.15) is 12.0 Å². The van der Waals surface area contributed by atoms with E-state index in [4.69, 9.17) is 14.9 Å². The number of aryl methyl sites for hydroxylation is 1. The van der Waals surface area contributed by atoms with Gasteiger partial charge in [0.15, 0.2) is 5.89 Å². The van der Waals surface area contributed by atoms with Crippen molar-refractivity contribution in [2.45, 2.75) is 13.0 Å². The van der Waals surface area contributed by atoms with Gasteiger partial charge in [-0.1, -0.05) is 12.1 Å². The van der Waals surface area contributed by atoms with Crippen LogP contribution in [-0.4, -0.2) is 30.1 Å². The van der Waals surface area contributed by atoms with Crippen molar-refractivity contribution in [3.05, 3.63) is 36.4 Å². The molecule has 110 valence electrons. The van der Waals surface area contributed by atoms with E-state index in [1.807, 2.05) is 24.3 Å². The van der Waals surface area contributed by atoms with Gasteiger partial charge < -0.3 is 20.2 Å². The van der Waals surface area contributed by atoms with Gasteiger partial charge in [-0.05, 0) is 12.1 Å². The van der Waals surface area contributed by atoms with Crippen LogP contribution in [0.5, 0.6) is 0 Å². The van der Waals surface area contributed by atoms with Crippen molar-refractivity contribution >= 4 is 11.6 Å². The summed E-state index contributed by atoms with van der Waals surface area (Å²) in [6.45, 7) is 2.61. The molecule has 21 heavy (non-hydrogen) atoms. The molecule has 1 aliphatic heterocycles. The number of oxazole rings is 1. The van der Waals surface area contributed by atoms with Crippen LogP contribution in [0.1, 0.15) is 5.89 Å². The van der Waals surface area contributed by atoms with Crippen molar-refractivity contribution in [2.24, 2.45) is 11.7 Å². The first-order valence-electron chi connectivity index (χ1n) is 6.80. The highest BCUT2D eigenvalue weighted by atomic mass is 16.5. The van der Waals surface area contributed by atoms with Crippen molar-refractivity contribution < 1.29 is 13.9 Å². The Hall–Kier alpha value is -2.18. The molecule has 6 nitrogen and oxygen atoms in total. The Morgan fingerprint density at radius 1 is 1.33 bits per heavy atom. The summed E-state index contributed by atoms with van der Waals surface area (Å²) >= 11 is 0. The number of carbonyl (C=O) groups excluding carboxylic acids is 1. The quantitative estimate of drug-likeness (QED) is 0.894. The van der Waals surface area contributed by atoms with E-state index in [-0.39, 0.29) is 17.9 Å². The molecule has 1 aromatic heterocycles. The molecule has 1 aromatic carbocycles. The lowest BCUT2D eigenvalue weighted by Gasteiger charge is -2.13. The van der Waals surface area contributed by atoms with Crippen molar-refractivity contribution in [2.75, 3.05) is 18.5 Å². The average Bonchev–Trinajstić information content (AvgIpc) is 3.08. The molecule has 2 unspecified atom stereocenters. The molecule has 0 saturated carbocycles. The second kappa shape index (κ2) is 5.67. The molecule has 1 aliphatic rings. The van der Waals surface area contributed by atoms with Crippen LogP contribution in [-0.2, 0) is 9.53 Å². The number of anilines is 1. The van der Waals surface area contributed by atoms with E-state index in [0.29, 0.717) is 19.1 Å². The van der Waals surface area contributed by atoms with Gasteiger partial charge >= 0.3 is 0 Å². The fourth-order valence-electron chi connectivity index (χ4n) is 2.30. The molecule has 1 saturated heterocycles. The zero-order valence-corrected chi connectivity index (χ0v) is 11.7. The number of rotatable bonds is 3. The number of aromatic nitrogens is 1. The monoisotopic (exact) mass is 287 g/mol. The standard InChI is InChI=1S/C15H17N3O3/c1-9-17-14(8-21-9)10-2-4-11(5-3-10)18-15(19)12-6-20-7-13(12)16/h2-5,8,12-13H,6-7,16H2,1H3,(H,18,19). The lowest BCUT2D eigenvalue weighted by atomic mass is 10.0. The Labute approximate surface area is 122 Å². The molecule has 0 bridgehead atoms. The van der Waals surface area contributed by atoms with Gasteiger partial charge in [-0.3, -0.25) is 4.79 Å². The maximum atomic E-state index is 12.1. The predicted molar refractivity (Wildman–Crippen MR) is 77.6 cm³/mol. The number of carbonyl (C=O) groups is 1. The fourth-order valence-corrected chi connectivity index (χ4v) is 2.30. The smallest absolute Gasteiger partial charge is 0.231 e. The number of nitrogens with zero attached hydrogens (tertiary/aromatic N) is 1. The minimum atomic E-state index is -0.289. The van der Waals surface area contributed by atoms with E-state index in [1.165, 1.54) is 0 Å². The minimum Gasteiger partial charge on any atom is -0.449 e. The molecule has 3 N–H and O–H groups in total. The number of hydrogen-bond donors (Lipinski definition) is 2. The van der Waals surface area contributed by atoms with Crippen LogP contribution in [0.15, 0.2) is 34.9 Å². The molecule has 1 fully saturated rings. The summed E-state index contributed by atoms with van der Waals surface area (Å²) in [5.41, 5.74) is 8.27.